The van der Waals surface area contributed by atoms with Gasteiger partial charge < -0.3 is 50.9 Å². The monoisotopic (exact) mass is 534 g/mol. The summed E-state index contributed by atoms with van der Waals surface area (Å²) in [7, 11) is 3.30. The zero-order valence-electron chi connectivity index (χ0n) is 21.7. The van der Waals surface area contributed by atoms with Crippen molar-refractivity contribution in [3.05, 3.63) is 47.8 Å². The predicted octanol–water partition coefficient (Wildman–Crippen LogP) is -2.25. The van der Waals surface area contributed by atoms with E-state index in [4.69, 9.17) is 14.2 Å². The Morgan fingerprint density at radius 2 is 1.84 bits per heavy atom. The van der Waals surface area contributed by atoms with Crippen molar-refractivity contribution in [3.63, 3.8) is 0 Å². The molecule has 0 spiro atoms. The van der Waals surface area contributed by atoms with Crippen LogP contribution in [0.15, 0.2) is 42.2 Å². The van der Waals surface area contributed by atoms with Gasteiger partial charge in [-0.05, 0) is 33.0 Å². The highest BCUT2D eigenvalue weighted by atomic mass is 16.8. The van der Waals surface area contributed by atoms with Gasteiger partial charge in [0.2, 0.25) is 18.0 Å². The number of aliphatic hydroxyl groups excluding tert-OH is 2. The zero-order chi connectivity index (χ0) is 27.0. The topological polar surface area (TPSA) is 169 Å². The number of aliphatic hydroxyl groups is 3. The Kier molecular flexibility index (Phi) is 7.91. The summed E-state index contributed by atoms with van der Waals surface area (Å²) in [4.78, 5) is 13.1. The zero-order valence-corrected chi connectivity index (χ0v) is 21.7. The van der Waals surface area contributed by atoms with Crippen LogP contribution >= 0.6 is 0 Å². The summed E-state index contributed by atoms with van der Waals surface area (Å²) < 4.78 is 18.1. The Morgan fingerprint density at radius 1 is 1.11 bits per heavy atom. The van der Waals surface area contributed by atoms with Crippen molar-refractivity contribution in [3.8, 4) is 0 Å². The van der Waals surface area contributed by atoms with Crippen LogP contribution in [0.3, 0.4) is 0 Å². The van der Waals surface area contributed by atoms with E-state index < -0.39 is 54.6 Å². The number of hydrazine groups is 2. The number of benzene rings is 1. The lowest BCUT2D eigenvalue weighted by Gasteiger charge is -2.58. The number of nitrogens with zero attached hydrogens (tertiary/aromatic N) is 1. The van der Waals surface area contributed by atoms with E-state index in [2.05, 4.69) is 26.9 Å². The second-order valence-corrected chi connectivity index (χ2v) is 10.4. The van der Waals surface area contributed by atoms with Gasteiger partial charge in [-0.15, -0.1) is 5.53 Å². The lowest BCUT2D eigenvalue weighted by molar-refractivity contribution is -0.449. The van der Waals surface area contributed by atoms with Crippen molar-refractivity contribution in [2.75, 3.05) is 14.1 Å². The van der Waals surface area contributed by atoms with E-state index in [-0.39, 0.29) is 24.9 Å². The van der Waals surface area contributed by atoms with Crippen molar-refractivity contribution < 1.29 is 34.3 Å². The predicted molar refractivity (Wildman–Crippen MR) is 134 cm³/mol. The van der Waals surface area contributed by atoms with Gasteiger partial charge in [0.15, 0.2) is 0 Å². The molecule has 3 unspecified atom stereocenters. The molecule has 1 saturated carbocycles. The maximum atomic E-state index is 13.1. The number of ether oxygens (including phenoxy) is 3. The number of hydrogen-bond donors (Lipinski definition) is 8. The summed E-state index contributed by atoms with van der Waals surface area (Å²) in [5.41, 5.74) is 7.80. The van der Waals surface area contributed by atoms with Gasteiger partial charge >= 0.3 is 0 Å². The minimum atomic E-state index is -2.03. The van der Waals surface area contributed by atoms with Crippen molar-refractivity contribution in [1.29, 1.82) is 0 Å². The third-order valence-electron chi connectivity index (χ3n) is 7.70. The summed E-state index contributed by atoms with van der Waals surface area (Å²) in [6, 6.07) is 7.74. The van der Waals surface area contributed by atoms with Crippen molar-refractivity contribution in [2.45, 2.75) is 87.0 Å². The molecular formula is C25H38N6O7. The second kappa shape index (κ2) is 11.0. The first kappa shape index (κ1) is 27.2. The van der Waals surface area contributed by atoms with Gasteiger partial charge in [0.05, 0.1) is 49.0 Å². The molecule has 4 aliphatic rings. The van der Waals surface area contributed by atoms with Crippen molar-refractivity contribution in [2.24, 2.45) is 0 Å². The summed E-state index contributed by atoms with van der Waals surface area (Å²) in [5.74, 6) is -2.35. The maximum Gasteiger partial charge on any atom is 0.239 e. The van der Waals surface area contributed by atoms with Crippen molar-refractivity contribution in [1.82, 2.24) is 31.9 Å². The third kappa shape index (κ3) is 5.13. The van der Waals surface area contributed by atoms with Crippen LogP contribution in [0.4, 0.5) is 0 Å². The highest BCUT2D eigenvalue weighted by Gasteiger charge is 2.63. The van der Waals surface area contributed by atoms with Gasteiger partial charge in [-0.2, -0.15) is 0 Å². The molecule has 8 N–H and O–H groups in total. The molecule has 13 nitrogen and oxygen atoms in total. The Labute approximate surface area is 221 Å². The molecule has 10 atom stereocenters. The first-order valence-corrected chi connectivity index (χ1v) is 13.0. The van der Waals surface area contributed by atoms with E-state index in [9.17, 15) is 20.1 Å². The molecule has 13 heteroatoms. The van der Waals surface area contributed by atoms with E-state index >= 15 is 0 Å². The summed E-state index contributed by atoms with van der Waals surface area (Å²) in [6.07, 6.45) is -3.38. The molecule has 5 rings (SSSR count). The van der Waals surface area contributed by atoms with Gasteiger partial charge in [0.25, 0.3) is 0 Å². The van der Waals surface area contributed by atoms with E-state index in [1.165, 1.54) is 0 Å². The highest BCUT2D eigenvalue weighted by molar-refractivity contribution is 5.78. The number of likely N-dealkylation sites (N-methyl/N-ethyl adjacent to an activating group) is 2. The molecule has 3 aliphatic heterocycles. The number of hydrogen-bond acceptors (Lipinski definition) is 12. The van der Waals surface area contributed by atoms with Crippen LogP contribution in [0.1, 0.15) is 25.3 Å². The molecule has 0 bridgehead atoms. The van der Waals surface area contributed by atoms with E-state index in [1.807, 2.05) is 48.5 Å². The van der Waals surface area contributed by atoms with Gasteiger partial charge in [0.1, 0.15) is 18.3 Å². The fourth-order valence-electron chi connectivity index (χ4n) is 5.79. The SMILES string of the molecule is CN[C@@H]1[C@H](O)[C@H](NC)C2O[C@]3(O)C(OC2[C@H]1O)O[C@H](C)C[C@H]3NC(=O)CC1=CN(Cc2ccccc2)NN1. The molecular weight excluding hydrogens is 496 g/mol. The largest absolute Gasteiger partial charge is 0.390 e. The molecule has 38 heavy (non-hydrogen) atoms. The number of carbonyl (C=O) groups is 1. The molecule has 3 heterocycles. The van der Waals surface area contributed by atoms with Crippen molar-refractivity contribution >= 4 is 5.91 Å². The highest BCUT2D eigenvalue weighted by Crippen LogP contribution is 2.42. The van der Waals surface area contributed by atoms with Gasteiger partial charge in [0, 0.05) is 6.20 Å². The first-order chi connectivity index (χ1) is 18.2. The minimum absolute atomic E-state index is 0.0398. The molecule has 0 radical (unpaired) electrons. The number of nitrogens with one attached hydrogen (secondary N) is 5. The van der Waals surface area contributed by atoms with Crippen LogP contribution in [-0.2, 0) is 25.5 Å². The molecule has 210 valence electrons. The molecule has 1 aromatic rings. The van der Waals surface area contributed by atoms with Crippen LogP contribution in [0, 0.1) is 0 Å². The lowest BCUT2D eigenvalue weighted by atomic mass is 9.79. The molecule has 2 saturated heterocycles. The number of rotatable bonds is 7. The average Bonchev–Trinajstić information content (AvgIpc) is 3.31. The average molecular weight is 535 g/mol. The first-order valence-electron chi connectivity index (χ1n) is 13.0. The van der Waals surface area contributed by atoms with Gasteiger partial charge in [-0.1, -0.05) is 30.3 Å². The maximum absolute atomic E-state index is 13.1. The summed E-state index contributed by atoms with van der Waals surface area (Å²) in [6.45, 7) is 2.43. The van der Waals surface area contributed by atoms with Crippen LogP contribution in [0.25, 0.3) is 0 Å². The summed E-state index contributed by atoms with van der Waals surface area (Å²) in [5, 5.41) is 44.1. The lowest BCUT2D eigenvalue weighted by Crippen LogP contribution is -2.79. The van der Waals surface area contributed by atoms with E-state index in [0.717, 1.165) is 5.56 Å². The van der Waals surface area contributed by atoms with Gasteiger partial charge in [-0.3, -0.25) is 9.80 Å². The molecule has 1 aromatic carbocycles. The van der Waals surface area contributed by atoms with Crippen LogP contribution in [0.2, 0.25) is 0 Å². The summed E-state index contributed by atoms with van der Waals surface area (Å²) >= 11 is 0. The fourth-order valence-corrected chi connectivity index (χ4v) is 5.79. The third-order valence-corrected chi connectivity index (χ3v) is 7.70. The molecule has 0 aromatic heterocycles. The Morgan fingerprint density at radius 3 is 2.55 bits per heavy atom. The normalized spacial score (nSPS) is 40.5. The number of fused-ring (bicyclic) bond motifs is 2. The molecule has 1 amide bonds. The van der Waals surface area contributed by atoms with E-state index in [0.29, 0.717) is 12.2 Å². The minimum Gasteiger partial charge on any atom is -0.390 e. The Balaban J connectivity index is 1.27. The molecule has 3 fully saturated rings. The van der Waals surface area contributed by atoms with Crippen LogP contribution in [0.5, 0.6) is 0 Å². The van der Waals surface area contributed by atoms with E-state index in [1.54, 1.807) is 14.1 Å². The number of carbonyl (C=O) groups excluding carboxylic acids is 1. The standard InChI is InChI=1S/C25H38N6O7/c1-13-9-16(28-17(32)10-15-12-31(30-29-15)11-14-7-5-4-6-8-14)25(35)24(36-13)37-23-21(34)18(26-2)20(33)19(27-3)22(23)38-25/h4-8,12-13,16,18-24,26-27,29-30,33-35H,9-11H2,1-3H3,(H,28,32)/t13-,16-,18-,19+,20+,21+,22?,23?,24?,25+/m1/s1. The van der Waals surface area contributed by atoms with Crippen LogP contribution < -0.4 is 26.9 Å². The Bertz CT molecular complexity index is 1020. The second-order valence-electron chi connectivity index (χ2n) is 10.4. The van der Waals surface area contributed by atoms with Crippen LogP contribution in [-0.4, -0.2) is 101 Å². The van der Waals surface area contributed by atoms with Gasteiger partial charge in [-0.25, -0.2) is 0 Å². The molecule has 1 aliphatic carbocycles. The quantitative estimate of drug-likeness (QED) is 0.189. The number of amides is 1. The fraction of sp³-hybridized carbons (Fsp3) is 0.640. The smallest absolute Gasteiger partial charge is 0.239 e. The Hall–Kier alpha value is -2.33.